The first-order chi connectivity index (χ1) is 15.2. The summed E-state index contributed by atoms with van der Waals surface area (Å²) < 4.78 is 0. The number of carbonyl (C=O) groups is 1. The van der Waals surface area contributed by atoms with Gasteiger partial charge in [0.2, 0.25) is 5.91 Å². The van der Waals surface area contributed by atoms with Crippen molar-refractivity contribution in [3.05, 3.63) is 93.5 Å². The molecule has 5 rings (SSSR count). The lowest BCUT2D eigenvalue weighted by Crippen LogP contribution is -2.14. The Labute approximate surface area is 186 Å². The van der Waals surface area contributed by atoms with Crippen molar-refractivity contribution in [3.63, 3.8) is 0 Å². The van der Waals surface area contributed by atoms with Gasteiger partial charge >= 0.3 is 0 Å². The third kappa shape index (κ3) is 4.05. The van der Waals surface area contributed by atoms with E-state index in [0.29, 0.717) is 11.1 Å². The lowest BCUT2D eigenvalue weighted by Gasteiger charge is -2.07. The molecule has 0 saturated heterocycles. The molecular formula is C24H17N3O2S2. The molecule has 2 N–H and O–H groups in total. The number of nitrogens with one attached hydrogen (secondary N) is 2. The Morgan fingerprint density at radius 3 is 2.71 bits per heavy atom. The maximum atomic E-state index is 12.9. The lowest BCUT2D eigenvalue weighted by molar-refractivity contribution is -0.115. The van der Waals surface area contributed by atoms with Gasteiger partial charge in [0.05, 0.1) is 17.0 Å². The van der Waals surface area contributed by atoms with Gasteiger partial charge in [-0.05, 0) is 35.0 Å². The number of anilines is 1. The molecule has 3 heterocycles. The third-order valence-corrected chi connectivity index (χ3v) is 6.95. The predicted molar refractivity (Wildman–Crippen MR) is 128 cm³/mol. The number of pyridine rings is 1. The molecule has 0 fully saturated rings. The molecule has 0 bridgehead atoms. The van der Waals surface area contributed by atoms with E-state index in [9.17, 15) is 9.59 Å². The van der Waals surface area contributed by atoms with Gasteiger partial charge in [0.1, 0.15) is 5.01 Å². The smallest absolute Gasteiger partial charge is 0.255 e. The Morgan fingerprint density at radius 1 is 1.03 bits per heavy atom. The first-order valence-electron chi connectivity index (χ1n) is 9.68. The Morgan fingerprint density at radius 2 is 1.90 bits per heavy atom. The van der Waals surface area contributed by atoms with Gasteiger partial charge in [-0.15, -0.1) is 22.7 Å². The van der Waals surface area contributed by atoms with E-state index in [1.165, 1.54) is 11.3 Å². The van der Waals surface area contributed by atoms with E-state index in [0.717, 1.165) is 31.4 Å². The van der Waals surface area contributed by atoms with Crippen LogP contribution in [0.3, 0.4) is 0 Å². The maximum absolute atomic E-state index is 12.9. The zero-order chi connectivity index (χ0) is 21.2. The maximum Gasteiger partial charge on any atom is 0.255 e. The highest BCUT2D eigenvalue weighted by Crippen LogP contribution is 2.36. The summed E-state index contributed by atoms with van der Waals surface area (Å²) >= 11 is 3.17. The van der Waals surface area contributed by atoms with Crippen LogP contribution in [0.15, 0.2) is 83.1 Å². The molecule has 2 aromatic carbocycles. The van der Waals surface area contributed by atoms with Crippen molar-refractivity contribution in [1.82, 2.24) is 9.97 Å². The number of aromatic nitrogens is 2. The van der Waals surface area contributed by atoms with E-state index in [1.54, 1.807) is 23.6 Å². The number of amides is 1. The Kier molecular flexibility index (Phi) is 5.19. The van der Waals surface area contributed by atoms with Crippen LogP contribution in [0.1, 0.15) is 4.88 Å². The SMILES string of the molecule is O=C(Cc1sc(-c2cccs2)nc1-c1ccccc1)Nc1ccc2cc[nH]c(=O)c2c1. The highest BCUT2D eigenvalue weighted by atomic mass is 32.1. The molecule has 1 amide bonds. The molecule has 31 heavy (non-hydrogen) atoms. The average Bonchev–Trinajstić information content (AvgIpc) is 3.45. The van der Waals surface area contributed by atoms with Gasteiger partial charge in [-0.2, -0.15) is 0 Å². The number of fused-ring (bicyclic) bond motifs is 1. The van der Waals surface area contributed by atoms with Crippen LogP contribution in [0.5, 0.6) is 0 Å². The van der Waals surface area contributed by atoms with Crippen molar-refractivity contribution in [2.45, 2.75) is 6.42 Å². The molecule has 7 heteroatoms. The number of carbonyl (C=O) groups excluding carboxylic acids is 1. The summed E-state index contributed by atoms with van der Waals surface area (Å²) in [5, 5.41) is 7.23. The second-order valence-electron chi connectivity index (χ2n) is 6.97. The lowest BCUT2D eigenvalue weighted by atomic mass is 10.1. The quantitative estimate of drug-likeness (QED) is 0.373. The third-order valence-electron chi connectivity index (χ3n) is 4.86. The molecule has 0 saturated carbocycles. The number of H-pyrrole nitrogens is 1. The number of aromatic amines is 1. The predicted octanol–water partition coefficient (Wildman–Crippen LogP) is 5.56. The fourth-order valence-corrected chi connectivity index (χ4v) is 5.29. The fourth-order valence-electron chi connectivity index (χ4n) is 3.41. The van der Waals surface area contributed by atoms with Gasteiger partial charge in [0, 0.05) is 27.7 Å². The highest BCUT2D eigenvalue weighted by Gasteiger charge is 2.18. The second-order valence-corrected chi connectivity index (χ2v) is 9.00. The van der Waals surface area contributed by atoms with Crippen molar-refractivity contribution in [3.8, 4) is 21.1 Å². The molecule has 0 aliphatic heterocycles. The molecule has 0 aliphatic carbocycles. The number of rotatable bonds is 5. The number of benzene rings is 2. The number of nitrogens with zero attached hydrogens (tertiary/aromatic N) is 1. The summed E-state index contributed by atoms with van der Waals surface area (Å²) in [5.74, 6) is -0.148. The highest BCUT2D eigenvalue weighted by molar-refractivity contribution is 7.21. The van der Waals surface area contributed by atoms with Crippen molar-refractivity contribution < 1.29 is 4.79 Å². The van der Waals surface area contributed by atoms with E-state index < -0.39 is 0 Å². The topological polar surface area (TPSA) is 74.8 Å². The fraction of sp³-hybridized carbons (Fsp3) is 0.0417. The Bertz CT molecular complexity index is 1420. The van der Waals surface area contributed by atoms with Crippen LogP contribution < -0.4 is 10.9 Å². The van der Waals surface area contributed by atoms with Crippen molar-refractivity contribution in [2.75, 3.05) is 5.32 Å². The minimum atomic E-state index is -0.178. The van der Waals surface area contributed by atoms with Crippen molar-refractivity contribution in [1.29, 1.82) is 0 Å². The van der Waals surface area contributed by atoms with Crippen molar-refractivity contribution in [2.24, 2.45) is 0 Å². The van der Waals surface area contributed by atoms with Crippen LogP contribution in [0.2, 0.25) is 0 Å². The molecule has 0 radical (unpaired) electrons. The van der Waals surface area contributed by atoms with Crippen LogP contribution in [-0.4, -0.2) is 15.9 Å². The molecular weight excluding hydrogens is 426 g/mol. The van der Waals surface area contributed by atoms with E-state index in [2.05, 4.69) is 10.3 Å². The molecule has 0 spiro atoms. The first kappa shape index (κ1) is 19.4. The van der Waals surface area contributed by atoms with E-state index in [1.807, 2.05) is 66.0 Å². The van der Waals surface area contributed by atoms with Gasteiger partial charge in [0.15, 0.2) is 0 Å². The monoisotopic (exact) mass is 443 g/mol. The van der Waals surface area contributed by atoms with Gasteiger partial charge in [-0.1, -0.05) is 42.5 Å². The summed E-state index contributed by atoms with van der Waals surface area (Å²) in [6, 6.07) is 21.1. The molecule has 5 nitrogen and oxygen atoms in total. The normalized spacial score (nSPS) is 11.0. The molecule has 0 unspecified atom stereocenters. The average molecular weight is 444 g/mol. The minimum absolute atomic E-state index is 0.148. The molecule has 3 aromatic heterocycles. The second kappa shape index (κ2) is 8.29. The van der Waals surface area contributed by atoms with Crippen LogP contribution in [0, 0.1) is 0 Å². The molecule has 0 aliphatic rings. The van der Waals surface area contributed by atoms with E-state index in [4.69, 9.17) is 4.98 Å². The van der Waals surface area contributed by atoms with Crippen LogP contribution in [-0.2, 0) is 11.2 Å². The van der Waals surface area contributed by atoms with Crippen LogP contribution in [0.25, 0.3) is 31.9 Å². The number of hydrogen-bond donors (Lipinski definition) is 2. The van der Waals surface area contributed by atoms with Crippen molar-refractivity contribution >= 4 is 45.0 Å². The Balaban J connectivity index is 1.44. The van der Waals surface area contributed by atoms with Gasteiger partial charge < -0.3 is 10.3 Å². The van der Waals surface area contributed by atoms with Gasteiger partial charge in [-0.25, -0.2) is 4.98 Å². The molecule has 0 atom stereocenters. The van der Waals surface area contributed by atoms with Crippen LogP contribution >= 0.6 is 22.7 Å². The first-order valence-corrected chi connectivity index (χ1v) is 11.4. The van der Waals surface area contributed by atoms with Gasteiger partial charge in [-0.3, -0.25) is 9.59 Å². The Hall–Kier alpha value is -3.55. The summed E-state index contributed by atoms with van der Waals surface area (Å²) in [6.07, 6.45) is 1.82. The zero-order valence-corrected chi connectivity index (χ0v) is 17.9. The number of thiophene rings is 1. The zero-order valence-electron chi connectivity index (χ0n) is 16.3. The number of thiazole rings is 1. The molecule has 152 valence electrons. The largest absolute Gasteiger partial charge is 0.329 e. The summed E-state index contributed by atoms with van der Waals surface area (Å²) in [6.45, 7) is 0. The van der Waals surface area contributed by atoms with Gasteiger partial charge in [0.25, 0.3) is 5.56 Å². The van der Waals surface area contributed by atoms with E-state index in [-0.39, 0.29) is 17.9 Å². The molecule has 5 aromatic rings. The summed E-state index contributed by atoms with van der Waals surface area (Å²) in [7, 11) is 0. The summed E-state index contributed by atoms with van der Waals surface area (Å²) in [5.41, 5.74) is 2.24. The summed E-state index contributed by atoms with van der Waals surface area (Å²) in [4.78, 5) is 34.4. The van der Waals surface area contributed by atoms with Crippen LogP contribution in [0.4, 0.5) is 5.69 Å². The number of hydrogen-bond acceptors (Lipinski definition) is 5. The standard InChI is InChI=1S/C24H17N3O2S2/c28-21(26-17-9-8-15-10-11-25-23(29)18(15)13-17)14-20-22(16-5-2-1-3-6-16)27-24(31-20)19-7-4-12-30-19/h1-13H,14H2,(H,25,29)(H,26,28). The minimum Gasteiger partial charge on any atom is -0.329 e. The van der Waals surface area contributed by atoms with E-state index >= 15 is 0 Å².